The summed E-state index contributed by atoms with van der Waals surface area (Å²) in [4.78, 5) is 0.182. The summed E-state index contributed by atoms with van der Waals surface area (Å²) in [5.41, 5.74) is 0. The lowest BCUT2D eigenvalue weighted by atomic mass is 9.93. The maximum atomic E-state index is 12.4. The Morgan fingerprint density at radius 3 is 2.45 bits per heavy atom. The third-order valence-electron chi connectivity index (χ3n) is 3.74. The molecule has 0 aromatic heterocycles. The maximum absolute atomic E-state index is 12.4. The van der Waals surface area contributed by atoms with E-state index in [-0.39, 0.29) is 17.2 Å². The van der Waals surface area contributed by atoms with E-state index in [1.165, 1.54) is 18.2 Å². The van der Waals surface area contributed by atoms with Crippen molar-refractivity contribution in [3.05, 3.63) is 43.0 Å². The number of sulfonamides is 1. The van der Waals surface area contributed by atoms with E-state index in [1.807, 2.05) is 13.8 Å². The van der Waals surface area contributed by atoms with Crippen LogP contribution in [0.25, 0.3) is 0 Å². The minimum atomic E-state index is -3.68. The lowest BCUT2D eigenvalue weighted by molar-refractivity contribution is 0.105. The van der Waals surface area contributed by atoms with Gasteiger partial charge in [0.15, 0.2) is 0 Å². The molecule has 0 radical (unpaired) electrons. The summed E-state index contributed by atoms with van der Waals surface area (Å²) in [6.07, 6.45) is 1.63. The molecule has 0 amide bonds. The molecule has 2 N–H and O–H groups in total. The number of aliphatic hydroxyl groups excluding tert-OH is 1. The molecule has 1 rings (SSSR count). The quantitative estimate of drug-likeness (QED) is 0.534. The number of alkyl halides is 1. The number of benzene rings is 1. The van der Waals surface area contributed by atoms with E-state index in [4.69, 9.17) is 11.6 Å². The molecule has 22 heavy (non-hydrogen) atoms. The molecule has 0 aliphatic heterocycles. The topological polar surface area (TPSA) is 66.4 Å². The summed E-state index contributed by atoms with van der Waals surface area (Å²) in [7, 11) is -3.68. The zero-order valence-electron chi connectivity index (χ0n) is 12.9. The van der Waals surface area contributed by atoms with Crippen molar-refractivity contribution in [3.8, 4) is 0 Å². The number of rotatable bonds is 9. The van der Waals surface area contributed by atoms with Crippen molar-refractivity contribution in [3.63, 3.8) is 0 Å². The summed E-state index contributed by atoms with van der Waals surface area (Å²) in [5, 5.41) is 9.96. The summed E-state index contributed by atoms with van der Waals surface area (Å²) in [5.74, 6) is -0.0258. The molecule has 1 aromatic rings. The highest BCUT2D eigenvalue weighted by Crippen LogP contribution is 2.20. The fourth-order valence-electron chi connectivity index (χ4n) is 2.15. The van der Waals surface area contributed by atoms with Crippen LogP contribution in [0.15, 0.2) is 47.9 Å². The second kappa shape index (κ2) is 8.67. The van der Waals surface area contributed by atoms with Gasteiger partial charge < -0.3 is 5.11 Å². The number of hydrogen-bond acceptors (Lipinski definition) is 3. The molecule has 4 nitrogen and oxygen atoms in total. The first-order valence-corrected chi connectivity index (χ1v) is 9.25. The highest BCUT2D eigenvalue weighted by Gasteiger charge is 2.30. The minimum Gasteiger partial charge on any atom is -0.391 e. The van der Waals surface area contributed by atoms with Crippen LogP contribution in [0.4, 0.5) is 0 Å². The molecular formula is C16H24ClNO3S. The largest absolute Gasteiger partial charge is 0.391 e. The highest BCUT2D eigenvalue weighted by molar-refractivity contribution is 7.89. The van der Waals surface area contributed by atoms with E-state index in [0.29, 0.717) is 0 Å². The number of aliphatic hydroxyl groups is 1. The zero-order chi connectivity index (χ0) is 16.8. The van der Waals surface area contributed by atoms with Crippen molar-refractivity contribution in [1.29, 1.82) is 0 Å². The Kier molecular flexibility index (Phi) is 7.56. The predicted molar refractivity (Wildman–Crippen MR) is 90.5 cm³/mol. The van der Waals surface area contributed by atoms with Crippen LogP contribution in [0.1, 0.15) is 26.7 Å². The zero-order valence-corrected chi connectivity index (χ0v) is 14.5. The van der Waals surface area contributed by atoms with Crippen molar-refractivity contribution >= 4 is 21.6 Å². The molecule has 0 saturated heterocycles. The van der Waals surface area contributed by atoms with Gasteiger partial charge in [-0.2, -0.15) is 0 Å². The number of halogens is 1. The molecule has 0 aliphatic carbocycles. The third-order valence-corrected chi connectivity index (χ3v) is 5.57. The van der Waals surface area contributed by atoms with Crippen LogP contribution in [-0.4, -0.2) is 31.0 Å². The Morgan fingerprint density at radius 2 is 1.95 bits per heavy atom. The summed E-state index contributed by atoms with van der Waals surface area (Å²) in [6.45, 7) is 7.43. The van der Waals surface area contributed by atoms with Gasteiger partial charge in [0, 0.05) is 0 Å². The van der Waals surface area contributed by atoms with E-state index in [9.17, 15) is 13.5 Å². The summed E-state index contributed by atoms with van der Waals surface area (Å²) in [6, 6.07) is 7.53. The number of hydrogen-bond donors (Lipinski definition) is 2. The monoisotopic (exact) mass is 345 g/mol. The van der Waals surface area contributed by atoms with E-state index in [1.54, 1.807) is 18.2 Å². The van der Waals surface area contributed by atoms with Crippen molar-refractivity contribution in [2.45, 2.75) is 49.1 Å². The fourth-order valence-corrected chi connectivity index (χ4v) is 3.73. The van der Waals surface area contributed by atoms with Crippen LogP contribution in [-0.2, 0) is 10.0 Å². The first-order chi connectivity index (χ1) is 10.3. The van der Waals surface area contributed by atoms with E-state index < -0.39 is 27.5 Å². The van der Waals surface area contributed by atoms with Gasteiger partial charge in [0.2, 0.25) is 10.0 Å². The highest BCUT2D eigenvalue weighted by atomic mass is 35.5. The molecule has 1 aromatic carbocycles. The van der Waals surface area contributed by atoms with Crippen LogP contribution in [0.3, 0.4) is 0 Å². The van der Waals surface area contributed by atoms with Gasteiger partial charge in [0.25, 0.3) is 0 Å². The second-order valence-corrected chi connectivity index (χ2v) is 7.67. The first kappa shape index (κ1) is 19.2. The molecule has 1 unspecified atom stereocenters. The van der Waals surface area contributed by atoms with Crippen molar-refractivity contribution < 1.29 is 13.5 Å². The van der Waals surface area contributed by atoms with Crippen LogP contribution in [0.2, 0.25) is 0 Å². The van der Waals surface area contributed by atoms with Crippen LogP contribution >= 0.6 is 11.6 Å². The van der Waals surface area contributed by atoms with Crippen LogP contribution in [0, 0.1) is 5.92 Å². The lowest BCUT2D eigenvalue weighted by Crippen LogP contribution is -2.47. The van der Waals surface area contributed by atoms with E-state index >= 15 is 0 Å². The third kappa shape index (κ3) is 5.39. The molecule has 4 atom stereocenters. The Balaban J connectivity index is 2.96. The van der Waals surface area contributed by atoms with Crippen molar-refractivity contribution in [1.82, 2.24) is 4.72 Å². The molecule has 6 heteroatoms. The molecule has 0 spiro atoms. The second-order valence-electron chi connectivity index (χ2n) is 5.40. The molecule has 124 valence electrons. The predicted octanol–water partition coefficient (Wildman–Crippen LogP) is 2.92. The molecular weight excluding hydrogens is 322 g/mol. The maximum Gasteiger partial charge on any atom is 0.240 e. The van der Waals surface area contributed by atoms with Crippen molar-refractivity contribution in [2.24, 2.45) is 5.92 Å². The van der Waals surface area contributed by atoms with E-state index in [2.05, 4.69) is 11.3 Å². The Labute approximate surface area is 138 Å². The molecule has 0 bridgehead atoms. The Morgan fingerprint density at radius 1 is 1.36 bits per heavy atom. The summed E-state index contributed by atoms with van der Waals surface area (Å²) < 4.78 is 27.5. The van der Waals surface area contributed by atoms with Gasteiger partial charge in [-0.1, -0.05) is 44.5 Å². The normalized spacial score (nSPS) is 17.5. The average molecular weight is 346 g/mol. The lowest BCUT2D eigenvalue weighted by Gasteiger charge is -2.29. The smallest absolute Gasteiger partial charge is 0.240 e. The van der Waals surface area contributed by atoms with Gasteiger partial charge >= 0.3 is 0 Å². The SMILES string of the molecule is C=CC(Cl)C[C@H](O)[C@@H](NS(=O)(=O)c1ccccc1)[C@@H](C)CC. The standard InChI is InChI=1S/C16H24ClNO3S/c1-4-12(3)16(15(19)11-13(17)5-2)18-22(20,21)14-9-7-6-8-10-14/h5-10,12-13,15-16,18-19H,2,4,11H2,1,3H3/t12-,13?,15-,16-/m0/s1. The van der Waals surface area contributed by atoms with Gasteiger partial charge in [0.1, 0.15) is 0 Å². The minimum absolute atomic E-state index is 0.0258. The first-order valence-electron chi connectivity index (χ1n) is 7.33. The molecule has 0 fully saturated rings. The van der Waals surface area contributed by atoms with Crippen LogP contribution in [0.5, 0.6) is 0 Å². The fraction of sp³-hybridized carbons (Fsp3) is 0.500. The number of nitrogens with one attached hydrogen (secondary N) is 1. The van der Waals surface area contributed by atoms with Gasteiger partial charge in [-0.3, -0.25) is 0 Å². The molecule has 0 heterocycles. The Hall–Kier alpha value is -0.880. The average Bonchev–Trinajstić information content (AvgIpc) is 2.52. The molecule has 0 aliphatic rings. The van der Waals surface area contributed by atoms with Gasteiger partial charge in [-0.25, -0.2) is 13.1 Å². The molecule has 0 saturated carbocycles. The summed E-state index contributed by atoms with van der Waals surface area (Å²) >= 11 is 5.99. The van der Waals surface area contributed by atoms with Crippen LogP contribution < -0.4 is 4.72 Å². The Bertz CT molecular complexity index is 562. The number of allylic oxidation sites excluding steroid dienone is 1. The van der Waals surface area contributed by atoms with Gasteiger partial charge in [-0.05, 0) is 24.5 Å². The van der Waals surface area contributed by atoms with Gasteiger partial charge in [0.05, 0.1) is 22.4 Å². The van der Waals surface area contributed by atoms with E-state index in [0.717, 1.165) is 6.42 Å². The van der Waals surface area contributed by atoms with Crippen molar-refractivity contribution in [2.75, 3.05) is 0 Å². The van der Waals surface area contributed by atoms with Gasteiger partial charge in [-0.15, -0.1) is 18.2 Å².